The molecule has 5 nitrogen and oxygen atoms in total. The first-order chi connectivity index (χ1) is 4.18. The maximum absolute atomic E-state index is 9.65. The Morgan fingerprint density at radius 3 is 2.60 bits per heavy atom. The second kappa shape index (κ2) is 7.74. The van der Waals surface area contributed by atoms with Crippen LogP contribution < -0.4 is 39.3 Å². The van der Waals surface area contributed by atoms with Crippen LogP contribution in [-0.2, 0) is 9.08 Å². The van der Waals surface area contributed by atoms with Gasteiger partial charge in [0.25, 0.3) is 0 Å². The van der Waals surface area contributed by atoms with Crippen LogP contribution in [0.5, 0.6) is 0 Å². The van der Waals surface area contributed by atoms with Gasteiger partial charge in [0.1, 0.15) is 12.7 Å². The number of rotatable bonds is 4. The molecule has 0 aromatic rings. The molecular weight excluding hydrogens is 174 g/mol. The molecular formula is C3H4ClNaO5. The summed E-state index contributed by atoms with van der Waals surface area (Å²) in [6.45, 7) is -0.570. The van der Waals surface area contributed by atoms with E-state index in [2.05, 4.69) is 4.29 Å². The molecule has 10 heavy (non-hydrogen) atoms. The summed E-state index contributed by atoms with van der Waals surface area (Å²) in [5.41, 5.74) is 0. The van der Waals surface area contributed by atoms with E-state index >= 15 is 0 Å². The smallest absolute Gasteiger partial charge is 0.547 e. The summed E-state index contributed by atoms with van der Waals surface area (Å²) >= 11 is 0.148. The molecule has 0 aromatic carbocycles. The molecule has 1 atom stereocenters. The Kier molecular flexibility index (Phi) is 10.3. The van der Waals surface area contributed by atoms with Crippen LogP contribution in [0.2, 0.25) is 0 Å². The van der Waals surface area contributed by atoms with Crippen molar-refractivity contribution in [3.63, 3.8) is 0 Å². The van der Waals surface area contributed by atoms with Crippen LogP contribution in [0.3, 0.4) is 0 Å². The Hall–Kier alpha value is 0.640. The fourth-order valence-corrected chi connectivity index (χ4v) is 0.324. The van der Waals surface area contributed by atoms with E-state index < -0.39 is 18.7 Å². The SMILES string of the molecule is O=C([O-])C(O)CO[Cl+][O-].[Na+]. The maximum Gasteiger partial charge on any atom is 1.00 e. The van der Waals surface area contributed by atoms with Crippen LogP contribution in [0.25, 0.3) is 0 Å². The largest absolute Gasteiger partial charge is 1.00 e. The minimum atomic E-state index is -1.73. The first-order valence-electron chi connectivity index (χ1n) is 1.96. The molecule has 0 fully saturated rings. The van der Waals surface area contributed by atoms with E-state index in [1.54, 1.807) is 0 Å². The van der Waals surface area contributed by atoms with Gasteiger partial charge in [0.2, 0.25) is 0 Å². The van der Waals surface area contributed by atoms with Gasteiger partial charge in [0.05, 0.1) is 5.97 Å². The number of carbonyl (C=O) groups is 1. The van der Waals surface area contributed by atoms with Crippen molar-refractivity contribution in [3.05, 3.63) is 0 Å². The normalized spacial score (nSPS) is 11.8. The van der Waals surface area contributed by atoms with E-state index in [-0.39, 0.29) is 40.9 Å². The van der Waals surface area contributed by atoms with Crippen LogP contribution >= 0.6 is 0 Å². The molecule has 0 aliphatic carbocycles. The third-order valence-electron chi connectivity index (χ3n) is 0.537. The topological polar surface area (TPSA) is 92.7 Å². The number of aliphatic hydroxyl groups excluding tert-OH is 1. The summed E-state index contributed by atoms with van der Waals surface area (Å²) in [6, 6.07) is 0. The second-order valence-electron chi connectivity index (χ2n) is 1.17. The molecule has 0 saturated carbocycles. The van der Waals surface area contributed by atoms with E-state index in [9.17, 15) is 14.6 Å². The summed E-state index contributed by atoms with van der Waals surface area (Å²) in [5.74, 6) is -1.66. The van der Waals surface area contributed by atoms with Gasteiger partial charge in [-0.05, 0) is 0 Å². The van der Waals surface area contributed by atoms with Gasteiger partial charge in [0.15, 0.2) is 0 Å². The number of halogens is 1. The Morgan fingerprint density at radius 2 is 2.30 bits per heavy atom. The number of hydrogen-bond donors (Lipinski definition) is 1. The van der Waals surface area contributed by atoms with Gasteiger partial charge in [-0.2, -0.15) is 0 Å². The molecule has 0 aliphatic rings. The minimum Gasteiger partial charge on any atom is -0.547 e. The van der Waals surface area contributed by atoms with E-state index in [1.165, 1.54) is 0 Å². The van der Waals surface area contributed by atoms with Crippen molar-refractivity contribution in [1.82, 2.24) is 0 Å². The third kappa shape index (κ3) is 6.76. The molecule has 0 aromatic heterocycles. The fraction of sp³-hybridized carbons (Fsp3) is 0.667. The monoisotopic (exact) mass is 178 g/mol. The van der Waals surface area contributed by atoms with Crippen LogP contribution in [0.1, 0.15) is 0 Å². The number of carboxylic acids is 1. The zero-order chi connectivity index (χ0) is 7.28. The number of aliphatic carboxylic acids is 1. The van der Waals surface area contributed by atoms with Gasteiger partial charge >= 0.3 is 40.9 Å². The summed E-state index contributed by atoms with van der Waals surface area (Å²) in [6.07, 6.45) is -1.73. The molecule has 0 heterocycles. The molecule has 0 saturated heterocycles. The first-order valence-corrected chi connectivity index (χ1v) is 2.58. The summed E-state index contributed by atoms with van der Waals surface area (Å²) in [5, 5.41) is 18.0. The predicted molar refractivity (Wildman–Crippen MR) is 17.0 cm³/mol. The van der Waals surface area contributed by atoms with Crippen molar-refractivity contribution in [1.29, 1.82) is 0 Å². The number of hydrogen-bond acceptors (Lipinski definition) is 5. The van der Waals surface area contributed by atoms with E-state index in [0.29, 0.717) is 0 Å². The van der Waals surface area contributed by atoms with Gasteiger partial charge in [-0.3, -0.25) is 0 Å². The predicted octanol–water partition coefficient (Wildman–Crippen LogP) is -6.61. The Labute approximate surface area is 83.3 Å². The maximum atomic E-state index is 9.65. The third-order valence-corrected chi connectivity index (χ3v) is 0.753. The van der Waals surface area contributed by atoms with E-state index in [0.717, 1.165) is 0 Å². The second-order valence-corrected chi connectivity index (χ2v) is 1.52. The zero-order valence-electron chi connectivity index (χ0n) is 5.24. The summed E-state index contributed by atoms with van der Waals surface area (Å²) in [7, 11) is 0. The van der Waals surface area contributed by atoms with Crippen molar-refractivity contribution in [3.8, 4) is 0 Å². The van der Waals surface area contributed by atoms with E-state index in [4.69, 9.17) is 5.11 Å². The molecule has 1 unspecified atom stereocenters. The molecule has 1 N–H and O–H groups in total. The molecule has 7 heteroatoms. The zero-order valence-corrected chi connectivity index (χ0v) is 8.00. The van der Waals surface area contributed by atoms with Crippen LogP contribution in [0.15, 0.2) is 0 Å². The molecule has 0 amide bonds. The number of aliphatic hydroxyl groups is 1. The summed E-state index contributed by atoms with van der Waals surface area (Å²) < 4.78 is 13.3. The van der Waals surface area contributed by atoms with Crippen LogP contribution in [-0.4, -0.2) is 23.8 Å². The Morgan fingerprint density at radius 1 is 1.80 bits per heavy atom. The van der Waals surface area contributed by atoms with Gasteiger partial charge in [-0.25, -0.2) is 0 Å². The van der Waals surface area contributed by atoms with Crippen molar-refractivity contribution < 1.29 is 64.8 Å². The quantitative estimate of drug-likeness (QED) is 0.432. The molecule has 54 valence electrons. The van der Waals surface area contributed by atoms with E-state index in [1.807, 2.05) is 0 Å². The van der Waals surface area contributed by atoms with Crippen molar-refractivity contribution in [2.24, 2.45) is 0 Å². The molecule has 0 aliphatic heterocycles. The Bertz CT molecular complexity index is 98.9. The van der Waals surface area contributed by atoms with Gasteiger partial charge in [-0.1, -0.05) is 0 Å². The number of carbonyl (C=O) groups excluding carboxylic acids is 1. The van der Waals surface area contributed by atoms with Crippen LogP contribution in [0.4, 0.5) is 0 Å². The molecule has 0 bridgehead atoms. The minimum absolute atomic E-state index is 0. The molecule has 0 radical (unpaired) electrons. The van der Waals surface area contributed by atoms with Gasteiger partial charge in [0, 0.05) is 0 Å². The number of carboxylic acid groups (broad SMARTS) is 1. The van der Waals surface area contributed by atoms with Gasteiger partial charge < -0.3 is 19.7 Å². The van der Waals surface area contributed by atoms with Crippen molar-refractivity contribution in [2.75, 3.05) is 6.61 Å². The summed E-state index contributed by atoms with van der Waals surface area (Å²) in [4.78, 5) is 9.65. The standard InChI is InChI=1S/C3H5ClO5.Na/c5-2(3(6)7)1-9-4-8;/h2,5H,1H2,(H,6,7);/q;+1/p-1. The molecule has 0 rings (SSSR count). The van der Waals surface area contributed by atoms with Crippen LogP contribution in [0, 0.1) is 11.3 Å². The Balaban J connectivity index is 0. The fourth-order valence-electron chi connectivity index (χ4n) is 0.153. The average molecular weight is 179 g/mol. The van der Waals surface area contributed by atoms with Crippen molar-refractivity contribution in [2.45, 2.75) is 6.10 Å². The first kappa shape index (κ1) is 13.2. The molecule has 0 spiro atoms. The average Bonchev–Trinajstić information content (AvgIpc) is 1.82. The van der Waals surface area contributed by atoms with Gasteiger partial charge in [-0.15, -0.1) is 4.29 Å². The van der Waals surface area contributed by atoms with Crippen molar-refractivity contribution >= 4 is 5.97 Å².